The molecule has 1 aromatic carbocycles. The van der Waals surface area contributed by atoms with Gasteiger partial charge in [-0.1, -0.05) is 12.2 Å². The Morgan fingerprint density at radius 1 is 1.24 bits per heavy atom. The second kappa shape index (κ2) is 8.00. The van der Waals surface area contributed by atoms with Crippen LogP contribution in [0.4, 0.5) is 13.2 Å². The average molecular weight is 353 g/mol. The van der Waals surface area contributed by atoms with Gasteiger partial charge in [-0.3, -0.25) is 4.79 Å². The summed E-state index contributed by atoms with van der Waals surface area (Å²) >= 11 is 0. The first-order valence-corrected chi connectivity index (χ1v) is 7.71. The third kappa shape index (κ3) is 4.10. The Balaban J connectivity index is 2.38. The SMILES string of the molecule is C=CCC(=O)N1[C@@H](C=CC(=O)OC)CC[C@H]1c1cc(F)c(F)cc1F. The molecule has 0 aromatic heterocycles. The molecule has 2 atom stereocenters. The minimum absolute atomic E-state index is 0.00433. The van der Waals surface area contributed by atoms with E-state index in [9.17, 15) is 22.8 Å². The molecule has 0 bridgehead atoms. The lowest BCUT2D eigenvalue weighted by Crippen LogP contribution is -2.36. The number of likely N-dealkylation sites (tertiary alicyclic amines) is 1. The molecule has 1 aliphatic rings. The smallest absolute Gasteiger partial charge is 0.330 e. The molecule has 25 heavy (non-hydrogen) atoms. The van der Waals surface area contributed by atoms with Crippen molar-refractivity contribution in [2.24, 2.45) is 0 Å². The maximum absolute atomic E-state index is 14.1. The van der Waals surface area contributed by atoms with Gasteiger partial charge in [0.05, 0.1) is 19.2 Å². The highest BCUT2D eigenvalue weighted by Crippen LogP contribution is 2.38. The van der Waals surface area contributed by atoms with E-state index in [0.29, 0.717) is 18.9 Å². The number of hydrogen-bond donors (Lipinski definition) is 0. The lowest BCUT2D eigenvalue weighted by atomic mass is 10.0. The molecule has 1 fully saturated rings. The summed E-state index contributed by atoms with van der Waals surface area (Å²) in [6, 6.07) is 0.00729. The predicted molar refractivity (Wildman–Crippen MR) is 84.9 cm³/mol. The molecule has 0 unspecified atom stereocenters. The van der Waals surface area contributed by atoms with E-state index in [4.69, 9.17) is 0 Å². The summed E-state index contributed by atoms with van der Waals surface area (Å²) in [5, 5.41) is 0. The van der Waals surface area contributed by atoms with Crippen molar-refractivity contribution >= 4 is 11.9 Å². The molecule has 0 saturated carbocycles. The number of hydrogen-bond acceptors (Lipinski definition) is 3. The molecule has 1 aliphatic heterocycles. The Morgan fingerprint density at radius 3 is 2.56 bits per heavy atom. The molecule has 1 amide bonds. The van der Waals surface area contributed by atoms with Crippen LogP contribution in [-0.2, 0) is 14.3 Å². The molecular weight excluding hydrogens is 335 g/mol. The van der Waals surface area contributed by atoms with Gasteiger partial charge in [0, 0.05) is 24.1 Å². The molecule has 2 rings (SSSR count). The first-order valence-electron chi connectivity index (χ1n) is 7.71. The van der Waals surface area contributed by atoms with E-state index in [2.05, 4.69) is 11.3 Å². The molecule has 1 aromatic rings. The van der Waals surface area contributed by atoms with Crippen molar-refractivity contribution in [3.8, 4) is 0 Å². The maximum atomic E-state index is 14.1. The highest BCUT2D eigenvalue weighted by Gasteiger charge is 2.37. The third-order valence-corrected chi connectivity index (χ3v) is 4.09. The number of carbonyl (C=O) groups is 2. The van der Waals surface area contributed by atoms with E-state index in [-0.39, 0.29) is 17.9 Å². The van der Waals surface area contributed by atoms with Gasteiger partial charge in [-0.15, -0.1) is 6.58 Å². The second-order valence-electron chi connectivity index (χ2n) is 5.62. The summed E-state index contributed by atoms with van der Waals surface area (Å²) in [4.78, 5) is 25.1. The number of rotatable bonds is 5. The quantitative estimate of drug-likeness (QED) is 0.353. The Morgan fingerprint density at radius 2 is 1.92 bits per heavy atom. The molecule has 0 spiro atoms. The first-order chi connectivity index (χ1) is 11.9. The lowest BCUT2D eigenvalue weighted by Gasteiger charge is -2.29. The number of amides is 1. The number of benzene rings is 1. The minimum atomic E-state index is -1.29. The second-order valence-corrected chi connectivity index (χ2v) is 5.62. The van der Waals surface area contributed by atoms with E-state index in [0.717, 1.165) is 6.07 Å². The molecule has 0 aliphatic carbocycles. The standard InChI is InChI=1S/C18H18F3NO3/c1-3-4-17(23)22-11(6-8-18(24)25-2)5-7-16(22)12-9-14(20)15(21)10-13(12)19/h3,6,8-11,16H,1,4-5,7H2,2H3/t11-,16+/m1/s1. The number of carbonyl (C=O) groups excluding carboxylic acids is 2. The fourth-order valence-corrected chi connectivity index (χ4v) is 2.97. The first kappa shape index (κ1) is 18.8. The van der Waals surface area contributed by atoms with Crippen LogP contribution in [0.3, 0.4) is 0 Å². The van der Waals surface area contributed by atoms with Crippen LogP contribution >= 0.6 is 0 Å². The monoisotopic (exact) mass is 353 g/mol. The molecule has 7 heteroatoms. The molecular formula is C18H18F3NO3. The van der Waals surface area contributed by atoms with Crippen molar-refractivity contribution in [2.45, 2.75) is 31.3 Å². The van der Waals surface area contributed by atoms with Crippen LogP contribution < -0.4 is 0 Å². The molecule has 4 nitrogen and oxygen atoms in total. The summed E-state index contributed by atoms with van der Waals surface area (Å²) in [7, 11) is 1.22. The van der Waals surface area contributed by atoms with Gasteiger partial charge in [-0.2, -0.15) is 0 Å². The summed E-state index contributed by atoms with van der Waals surface area (Å²) in [6.45, 7) is 3.50. The van der Waals surface area contributed by atoms with Crippen molar-refractivity contribution in [1.29, 1.82) is 0 Å². The fraction of sp³-hybridized carbons (Fsp3) is 0.333. The highest BCUT2D eigenvalue weighted by molar-refractivity contribution is 5.82. The molecule has 134 valence electrons. The van der Waals surface area contributed by atoms with Crippen LogP contribution in [-0.4, -0.2) is 29.9 Å². The lowest BCUT2D eigenvalue weighted by molar-refractivity contribution is -0.135. The van der Waals surface area contributed by atoms with Crippen molar-refractivity contribution in [3.05, 3.63) is 60.0 Å². The zero-order valence-corrected chi connectivity index (χ0v) is 13.7. The number of methoxy groups -OCH3 is 1. The van der Waals surface area contributed by atoms with Crippen LogP contribution in [0.25, 0.3) is 0 Å². The van der Waals surface area contributed by atoms with Crippen LogP contribution in [0, 0.1) is 17.5 Å². The number of nitrogens with zero attached hydrogens (tertiary/aromatic N) is 1. The largest absolute Gasteiger partial charge is 0.466 e. The van der Waals surface area contributed by atoms with Gasteiger partial charge in [0.15, 0.2) is 11.6 Å². The summed E-state index contributed by atoms with van der Waals surface area (Å²) in [6.07, 6.45) is 4.87. The average Bonchev–Trinajstić information content (AvgIpc) is 2.99. The van der Waals surface area contributed by atoms with Crippen LogP contribution in [0.2, 0.25) is 0 Å². The molecule has 1 heterocycles. The number of esters is 1. The van der Waals surface area contributed by atoms with Gasteiger partial charge in [-0.25, -0.2) is 18.0 Å². The van der Waals surface area contributed by atoms with Crippen LogP contribution in [0.15, 0.2) is 36.9 Å². The predicted octanol–water partition coefficient (Wildman–Crippen LogP) is 3.44. The van der Waals surface area contributed by atoms with E-state index >= 15 is 0 Å². The zero-order chi connectivity index (χ0) is 18.6. The van der Waals surface area contributed by atoms with Gasteiger partial charge < -0.3 is 9.64 Å². The van der Waals surface area contributed by atoms with Gasteiger partial charge in [-0.05, 0) is 18.9 Å². The van der Waals surface area contributed by atoms with Crippen LogP contribution in [0.5, 0.6) is 0 Å². The third-order valence-electron chi connectivity index (χ3n) is 4.09. The van der Waals surface area contributed by atoms with E-state index < -0.39 is 35.5 Å². The van der Waals surface area contributed by atoms with Crippen molar-refractivity contribution < 1.29 is 27.5 Å². The Hall–Kier alpha value is -2.57. The Labute approximate surface area is 143 Å². The Kier molecular flexibility index (Phi) is 6.01. The molecule has 0 N–H and O–H groups in total. The van der Waals surface area contributed by atoms with E-state index in [1.807, 2.05) is 0 Å². The van der Waals surface area contributed by atoms with Gasteiger partial charge in [0.2, 0.25) is 5.91 Å². The normalized spacial score (nSPS) is 20.1. The Bertz CT molecular complexity index is 718. The van der Waals surface area contributed by atoms with Crippen molar-refractivity contribution in [3.63, 3.8) is 0 Å². The summed E-state index contributed by atoms with van der Waals surface area (Å²) < 4.78 is 45.4. The van der Waals surface area contributed by atoms with Gasteiger partial charge >= 0.3 is 5.97 Å². The zero-order valence-electron chi connectivity index (χ0n) is 13.7. The summed E-state index contributed by atoms with van der Waals surface area (Å²) in [5.41, 5.74) is -0.0923. The van der Waals surface area contributed by atoms with Crippen LogP contribution in [0.1, 0.15) is 30.9 Å². The highest BCUT2D eigenvalue weighted by atomic mass is 19.2. The minimum Gasteiger partial charge on any atom is -0.466 e. The number of ether oxygens (including phenoxy) is 1. The molecule has 0 radical (unpaired) electrons. The number of halogens is 3. The fourth-order valence-electron chi connectivity index (χ4n) is 2.97. The van der Waals surface area contributed by atoms with E-state index in [1.165, 1.54) is 30.2 Å². The summed E-state index contributed by atoms with van der Waals surface area (Å²) in [5.74, 6) is -4.32. The topological polar surface area (TPSA) is 46.6 Å². The van der Waals surface area contributed by atoms with Gasteiger partial charge in [0.1, 0.15) is 5.82 Å². The van der Waals surface area contributed by atoms with E-state index in [1.54, 1.807) is 0 Å². The van der Waals surface area contributed by atoms with Crippen molar-refractivity contribution in [2.75, 3.05) is 7.11 Å². The van der Waals surface area contributed by atoms with Gasteiger partial charge in [0.25, 0.3) is 0 Å². The molecule has 1 saturated heterocycles. The van der Waals surface area contributed by atoms with Crippen molar-refractivity contribution in [1.82, 2.24) is 4.90 Å². The maximum Gasteiger partial charge on any atom is 0.330 e.